The lowest BCUT2D eigenvalue weighted by Crippen LogP contribution is -2.12. The maximum Gasteiger partial charge on any atom is 0.329 e. The summed E-state index contributed by atoms with van der Waals surface area (Å²) in [5.41, 5.74) is 1.29. The number of aryl methyl sites for hydroxylation is 2. The van der Waals surface area contributed by atoms with E-state index in [9.17, 15) is 4.79 Å². The highest BCUT2D eigenvalue weighted by atomic mass is 35.5. The lowest BCUT2D eigenvalue weighted by molar-refractivity contribution is -0.144. The summed E-state index contributed by atoms with van der Waals surface area (Å²) in [6.07, 6.45) is 3.99. The summed E-state index contributed by atoms with van der Waals surface area (Å²) in [5, 5.41) is 10.1. The number of halogens is 1. The number of rotatable bonds is 4. The normalized spacial score (nSPS) is 15.9. The molecule has 1 aliphatic carbocycles. The van der Waals surface area contributed by atoms with E-state index in [0.717, 1.165) is 23.1 Å². The second-order valence-electron chi connectivity index (χ2n) is 5.11. The van der Waals surface area contributed by atoms with E-state index in [4.69, 9.17) is 21.4 Å². The van der Waals surface area contributed by atoms with Crippen LogP contribution < -0.4 is 0 Å². The van der Waals surface area contributed by atoms with Crippen LogP contribution in [0.3, 0.4) is 0 Å². The van der Waals surface area contributed by atoms with Gasteiger partial charge in [-0.25, -0.2) is 14.8 Å². The van der Waals surface area contributed by atoms with E-state index in [1.54, 1.807) is 18.3 Å². The van der Waals surface area contributed by atoms with E-state index >= 15 is 0 Å². The van der Waals surface area contributed by atoms with E-state index in [0.29, 0.717) is 11.0 Å². The molecule has 0 saturated heterocycles. The van der Waals surface area contributed by atoms with Crippen LogP contribution in [0.1, 0.15) is 42.1 Å². The monoisotopic (exact) mass is 326 g/mol. The van der Waals surface area contributed by atoms with Crippen molar-refractivity contribution < 1.29 is 14.6 Å². The number of aliphatic carboxylic acids is 1. The predicted molar refractivity (Wildman–Crippen MR) is 81.1 cm³/mol. The number of hydrogen-bond acceptors (Lipinski definition) is 5. The van der Waals surface area contributed by atoms with Gasteiger partial charge in [0.2, 0.25) is 0 Å². The summed E-state index contributed by atoms with van der Waals surface area (Å²) < 4.78 is 5.22. The quantitative estimate of drug-likeness (QED) is 0.872. The summed E-state index contributed by atoms with van der Waals surface area (Å²) in [6.45, 7) is 1.36. The minimum Gasteiger partial charge on any atom is -0.480 e. The van der Waals surface area contributed by atoms with Gasteiger partial charge in [-0.1, -0.05) is 11.6 Å². The van der Waals surface area contributed by atoms with Crippen LogP contribution in [0.15, 0.2) is 0 Å². The fraction of sp³-hybridized carbons (Fsp3) is 0.500. The van der Waals surface area contributed by atoms with E-state index in [1.165, 1.54) is 23.3 Å². The van der Waals surface area contributed by atoms with Crippen LogP contribution in [0.2, 0.25) is 5.15 Å². The molecule has 112 valence electrons. The van der Waals surface area contributed by atoms with Crippen LogP contribution in [0, 0.1) is 0 Å². The van der Waals surface area contributed by atoms with Gasteiger partial charge in [0.05, 0.1) is 5.39 Å². The van der Waals surface area contributed by atoms with Gasteiger partial charge in [0.25, 0.3) is 0 Å². The zero-order valence-corrected chi connectivity index (χ0v) is 13.1. The Morgan fingerprint density at radius 2 is 2.19 bits per heavy atom. The molecular weight excluding hydrogens is 312 g/mol. The molecule has 1 unspecified atom stereocenters. The number of aromatic nitrogens is 2. The molecular formula is C14H15ClN2O3S. The van der Waals surface area contributed by atoms with Crippen LogP contribution >= 0.6 is 22.9 Å². The van der Waals surface area contributed by atoms with Crippen molar-refractivity contribution in [2.45, 2.75) is 38.7 Å². The number of carboxylic acid groups (broad SMARTS) is 1. The van der Waals surface area contributed by atoms with Crippen molar-refractivity contribution >= 4 is 39.1 Å². The topological polar surface area (TPSA) is 72.3 Å². The fourth-order valence-electron chi connectivity index (χ4n) is 2.58. The first-order chi connectivity index (χ1) is 10.1. The zero-order valence-electron chi connectivity index (χ0n) is 11.6. The number of carboxylic acids is 1. The maximum absolute atomic E-state index is 10.6. The third-order valence-corrected chi connectivity index (χ3v) is 5.07. The van der Waals surface area contributed by atoms with Crippen molar-refractivity contribution in [3.63, 3.8) is 0 Å². The average Bonchev–Trinajstić information content (AvgIpc) is 2.83. The van der Waals surface area contributed by atoms with Gasteiger partial charge >= 0.3 is 5.97 Å². The Morgan fingerprint density at radius 3 is 2.95 bits per heavy atom. The molecule has 1 atom stereocenters. The summed E-state index contributed by atoms with van der Waals surface area (Å²) in [7, 11) is 0. The van der Waals surface area contributed by atoms with Gasteiger partial charge in [0.1, 0.15) is 22.7 Å². The average molecular weight is 327 g/mol. The van der Waals surface area contributed by atoms with Crippen molar-refractivity contribution in [2.75, 3.05) is 6.61 Å². The molecule has 0 spiro atoms. The summed E-state index contributed by atoms with van der Waals surface area (Å²) >= 11 is 7.99. The molecule has 7 heteroatoms. The molecule has 2 heterocycles. The second kappa shape index (κ2) is 5.87. The maximum atomic E-state index is 10.6. The number of fused-ring (bicyclic) bond motifs is 3. The Kier molecular flexibility index (Phi) is 4.10. The summed E-state index contributed by atoms with van der Waals surface area (Å²) in [4.78, 5) is 21.6. The van der Waals surface area contributed by atoms with Gasteiger partial charge in [0, 0.05) is 4.88 Å². The molecule has 2 aromatic heterocycles. The van der Waals surface area contributed by atoms with Crippen molar-refractivity contribution in [1.29, 1.82) is 0 Å². The molecule has 0 saturated carbocycles. The Labute approximate surface area is 130 Å². The number of carbonyl (C=O) groups is 1. The van der Waals surface area contributed by atoms with E-state index in [-0.39, 0.29) is 6.61 Å². The van der Waals surface area contributed by atoms with Gasteiger partial charge < -0.3 is 9.84 Å². The molecule has 5 nitrogen and oxygen atoms in total. The lowest BCUT2D eigenvalue weighted by atomic mass is 9.97. The van der Waals surface area contributed by atoms with Gasteiger partial charge in [-0.15, -0.1) is 11.3 Å². The molecule has 1 N–H and O–H groups in total. The molecule has 3 rings (SSSR count). The Hall–Kier alpha value is -1.24. The smallest absolute Gasteiger partial charge is 0.329 e. The van der Waals surface area contributed by atoms with Gasteiger partial charge in [-0.2, -0.15) is 0 Å². The first-order valence-corrected chi connectivity index (χ1v) is 8.06. The van der Waals surface area contributed by atoms with E-state index in [2.05, 4.69) is 9.97 Å². The van der Waals surface area contributed by atoms with Crippen molar-refractivity contribution in [3.05, 3.63) is 21.4 Å². The molecule has 0 amide bonds. The molecule has 0 aromatic carbocycles. The van der Waals surface area contributed by atoms with Gasteiger partial charge in [-0.05, 0) is 38.2 Å². The fourth-order valence-corrected chi connectivity index (χ4v) is 4.20. The largest absolute Gasteiger partial charge is 0.480 e. The Balaban J connectivity index is 1.97. The standard InChI is InChI=1S/C14H15ClN2O3S/c1-7(20-6-10(18)19)13-16-12(15)11-8-4-2-3-5-9(8)21-14(11)17-13/h7H,2-6H2,1H3,(H,18,19). The van der Waals surface area contributed by atoms with Gasteiger partial charge in [-0.3, -0.25) is 0 Å². The Bertz CT molecular complexity index is 701. The number of nitrogens with zero attached hydrogens (tertiary/aromatic N) is 2. The first-order valence-electron chi connectivity index (χ1n) is 6.87. The summed E-state index contributed by atoms with van der Waals surface area (Å²) in [5.74, 6) is -0.576. The number of hydrogen-bond donors (Lipinski definition) is 1. The minimum absolute atomic E-state index is 0.374. The van der Waals surface area contributed by atoms with Crippen LogP contribution in [-0.2, 0) is 22.4 Å². The molecule has 0 bridgehead atoms. The van der Waals surface area contributed by atoms with Crippen molar-refractivity contribution in [3.8, 4) is 0 Å². The molecule has 0 aliphatic heterocycles. The van der Waals surface area contributed by atoms with Crippen LogP contribution in [0.5, 0.6) is 0 Å². The first kappa shape index (κ1) is 14.7. The molecule has 0 fully saturated rings. The highest BCUT2D eigenvalue weighted by Crippen LogP contribution is 2.38. The number of thiophene rings is 1. The third kappa shape index (κ3) is 2.88. The third-order valence-electron chi connectivity index (χ3n) is 3.61. The van der Waals surface area contributed by atoms with Crippen molar-refractivity contribution in [2.24, 2.45) is 0 Å². The molecule has 21 heavy (non-hydrogen) atoms. The zero-order chi connectivity index (χ0) is 15.0. The van der Waals surface area contributed by atoms with Crippen molar-refractivity contribution in [1.82, 2.24) is 9.97 Å². The highest BCUT2D eigenvalue weighted by Gasteiger charge is 2.22. The lowest BCUT2D eigenvalue weighted by Gasteiger charge is -2.12. The van der Waals surface area contributed by atoms with Crippen LogP contribution in [0.4, 0.5) is 0 Å². The highest BCUT2D eigenvalue weighted by molar-refractivity contribution is 7.19. The summed E-state index contributed by atoms with van der Waals surface area (Å²) in [6, 6.07) is 0. The second-order valence-corrected chi connectivity index (χ2v) is 6.55. The van der Waals surface area contributed by atoms with Crippen LogP contribution in [-0.4, -0.2) is 27.7 Å². The SMILES string of the molecule is CC(OCC(=O)O)c1nc(Cl)c2c3c(sc2n1)CCCC3. The molecule has 0 radical (unpaired) electrons. The van der Waals surface area contributed by atoms with Gasteiger partial charge in [0.15, 0.2) is 5.82 Å². The van der Waals surface area contributed by atoms with E-state index < -0.39 is 12.1 Å². The minimum atomic E-state index is -1.01. The number of ether oxygens (including phenoxy) is 1. The predicted octanol–water partition coefficient (Wildman–Crippen LogP) is 3.39. The molecule has 1 aliphatic rings. The van der Waals surface area contributed by atoms with Crippen LogP contribution in [0.25, 0.3) is 10.2 Å². The Morgan fingerprint density at radius 1 is 1.43 bits per heavy atom. The molecule has 2 aromatic rings. The van der Waals surface area contributed by atoms with E-state index in [1.807, 2.05) is 0 Å².